The predicted octanol–water partition coefficient (Wildman–Crippen LogP) is 3.50. The summed E-state index contributed by atoms with van der Waals surface area (Å²) in [4.78, 5) is 4.32. The standard InChI is InChI=1S/C12H11Cl2N5/c13-8-2-1-3-9(11(8)14)17-10-6-15-19-12(18-10)16-7-4-5-7/h1-3,6-7H,4-5H2,(H2,16,17,18,19). The monoisotopic (exact) mass is 295 g/mol. The Kier molecular flexibility index (Phi) is 3.40. The molecule has 1 saturated carbocycles. The van der Waals surface area contributed by atoms with Gasteiger partial charge in [0.05, 0.1) is 21.9 Å². The Morgan fingerprint density at radius 2 is 2.05 bits per heavy atom. The van der Waals surface area contributed by atoms with Crippen LogP contribution in [0, 0.1) is 0 Å². The summed E-state index contributed by atoms with van der Waals surface area (Å²) in [5.74, 6) is 1.09. The van der Waals surface area contributed by atoms with Crippen molar-refractivity contribution in [2.24, 2.45) is 0 Å². The topological polar surface area (TPSA) is 62.7 Å². The lowest BCUT2D eigenvalue weighted by Gasteiger charge is -2.09. The Morgan fingerprint density at radius 3 is 2.84 bits per heavy atom. The highest BCUT2D eigenvalue weighted by atomic mass is 35.5. The van der Waals surface area contributed by atoms with Crippen molar-refractivity contribution in [3.63, 3.8) is 0 Å². The maximum Gasteiger partial charge on any atom is 0.244 e. The molecule has 19 heavy (non-hydrogen) atoms. The van der Waals surface area contributed by atoms with Crippen molar-refractivity contribution < 1.29 is 0 Å². The van der Waals surface area contributed by atoms with Crippen LogP contribution in [0.5, 0.6) is 0 Å². The first-order valence-electron chi connectivity index (χ1n) is 5.89. The normalized spacial score (nSPS) is 14.2. The van der Waals surface area contributed by atoms with E-state index in [0.717, 1.165) is 12.8 Å². The minimum absolute atomic E-state index is 0.458. The molecule has 1 heterocycles. The van der Waals surface area contributed by atoms with Crippen molar-refractivity contribution in [3.05, 3.63) is 34.4 Å². The van der Waals surface area contributed by atoms with Crippen LogP contribution in [0.1, 0.15) is 12.8 Å². The molecule has 0 atom stereocenters. The first-order valence-corrected chi connectivity index (χ1v) is 6.65. The van der Waals surface area contributed by atoms with Gasteiger partial charge in [0.15, 0.2) is 5.82 Å². The average molecular weight is 296 g/mol. The van der Waals surface area contributed by atoms with Crippen LogP contribution in [-0.4, -0.2) is 21.2 Å². The Hall–Kier alpha value is -1.59. The fraction of sp³-hybridized carbons (Fsp3) is 0.250. The van der Waals surface area contributed by atoms with Gasteiger partial charge in [0.25, 0.3) is 0 Å². The number of aromatic nitrogens is 3. The van der Waals surface area contributed by atoms with Crippen molar-refractivity contribution in [2.75, 3.05) is 10.6 Å². The van der Waals surface area contributed by atoms with E-state index in [2.05, 4.69) is 25.8 Å². The van der Waals surface area contributed by atoms with Crippen LogP contribution < -0.4 is 10.6 Å². The van der Waals surface area contributed by atoms with E-state index in [1.165, 1.54) is 6.20 Å². The third kappa shape index (κ3) is 3.05. The third-order valence-corrected chi connectivity index (χ3v) is 3.50. The summed E-state index contributed by atoms with van der Waals surface area (Å²) in [6.45, 7) is 0. The fourth-order valence-electron chi connectivity index (χ4n) is 1.57. The summed E-state index contributed by atoms with van der Waals surface area (Å²) in [7, 11) is 0. The van der Waals surface area contributed by atoms with Crippen molar-refractivity contribution >= 4 is 40.7 Å². The van der Waals surface area contributed by atoms with E-state index < -0.39 is 0 Å². The molecule has 0 spiro atoms. The van der Waals surface area contributed by atoms with Crippen molar-refractivity contribution in [2.45, 2.75) is 18.9 Å². The summed E-state index contributed by atoms with van der Waals surface area (Å²) in [6.07, 6.45) is 3.84. The average Bonchev–Trinajstić information content (AvgIpc) is 3.19. The lowest BCUT2D eigenvalue weighted by Crippen LogP contribution is -2.07. The summed E-state index contributed by atoms with van der Waals surface area (Å²) in [5, 5.41) is 15.0. The minimum Gasteiger partial charge on any atom is -0.350 e. The molecule has 2 aromatic rings. The molecule has 3 rings (SSSR count). The molecule has 0 amide bonds. The van der Waals surface area contributed by atoms with E-state index in [9.17, 15) is 0 Å². The summed E-state index contributed by atoms with van der Waals surface area (Å²) in [6, 6.07) is 5.85. The first-order chi connectivity index (χ1) is 9.22. The fourth-order valence-corrected chi connectivity index (χ4v) is 1.92. The van der Waals surface area contributed by atoms with Gasteiger partial charge < -0.3 is 10.6 Å². The molecule has 2 N–H and O–H groups in total. The summed E-state index contributed by atoms with van der Waals surface area (Å²) >= 11 is 12.1. The van der Waals surface area contributed by atoms with E-state index in [1.807, 2.05) is 12.1 Å². The van der Waals surface area contributed by atoms with Crippen LogP contribution in [0.3, 0.4) is 0 Å². The summed E-state index contributed by atoms with van der Waals surface area (Å²) in [5.41, 5.74) is 0.687. The minimum atomic E-state index is 0.458. The number of nitrogens with zero attached hydrogens (tertiary/aromatic N) is 3. The lowest BCUT2D eigenvalue weighted by atomic mass is 10.3. The second-order valence-corrected chi connectivity index (χ2v) is 5.10. The molecule has 1 aliphatic carbocycles. The molecule has 0 saturated heterocycles. The zero-order valence-corrected chi connectivity index (χ0v) is 11.4. The molecule has 0 unspecified atom stereocenters. The second-order valence-electron chi connectivity index (χ2n) is 4.31. The van der Waals surface area contributed by atoms with Crippen molar-refractivity contribution in [1.29, 1.82) is 0 Å². The largest absolute Gasteiger partial charge is 0.350 e. The second kappa shape index (κ2) is 5.19. The number of benzene rings is 1. The van der Waals surface area contributed by atoms with Gasteiger partial charge >= 0.3 is 0 Å². The van der Waals surface area contributed by atoms with Gasteiger partial charge in [-0.1, -0.05) is 29.3 Å². The number of anilines is 3. The lowest BCUT2D eigenvalue weighted by molar-refractivity contribution is 0.947. The zero-order chi connectivity index (χ0) is 13.2. The van der Waals surface area contributed by atoms with Gasteiger partial charge in [0.2, 0.25) is 5.95 Å². The number of rotatable bonds is 4. The van der Waals surface area contributed by atoms with Crippen LogP contribution in [0.25, 0.3) is 0 Å². The molecular weight excluding hydrogens is 285 g/mol. The molecular formula is C12H11Cl2N5. The van der Waals surface area contributed by atoms with E-state index in [-0.39, 0.29) is 0 Å². The van der Waals surface area contributed by atoms with Gasteiger partial charge in [-0.05, 0) is 25.0 Å². The van der Waals surface area contributed by atoms with Crippen molar-refractivity contribution in [1.82, 2.24) is 15.2 Å². The highest BCUT2D eigenvalue weighted by Crippen LogP contribution is 2.31. The maximum atomic E-state index is 6.10. The SMILES string of the molecule is Clc1cccc(Nc2cnnc(NC3CC3)n2)c1Cl. The van der Waals surface area contributed by atoms with Gasteiger partial charge in [0.1, 0.15) is 0 Å². The molecule has 0 radical (unpaired) electrons. The highest BCUT2D eigenvalue weighted by Gasteiger charge is 2.22. The molecule has 5 nitrogen and oxygen atoms in total. The van der Waals surface area contributed by atoms with Gasteiger partial charge in [-0.2, -0.15) is 10.1 Å². The van der Waals surface area contributed by atoms with E-state index in [4.69, 9.17) is 23.2 Å². The summed E-state index contributed by atoms with van der Waals surface area (Å²) < 4.78 is 0. The Labute approximate surface area is 120 Å². The first kappa shape index (κ1) is 12.4. The third-order valence-electron chi connectivity index (χ3n) is 2.68. The molecule has 1 fully saturated rings. The highest BCUT2D eigenvalue weighted by molar-refractivity contribution is 6.43. The Bertz CT molecular complexity index is 600. The van der Waals surface area contributed by atoms with E-state index in [0.29, 0.717) is 33.5 Å². The molecule has 1 aliphatic rings. The molecule has 0 bridgehead atoms. The van der Waals surface area contributed by atoms with Crippen molar-refractivity contribution in [3.8, 4) is 0 Å². The molecule has 1 aromatic heterocycles. The smallest absolute Gasteiger partial charge is 0.244 e. The molecule has 7 heteroatoms. The number of hydrogen-bond donors (Lipinski definition) is 2. The molecule has 98 valence electrons. The molecule has 1 aromatic carbocycles. The zero-order valence-electron chi connectivity index (χ0n) is 9.90. The van der Waals surface area contributed by atoms with Gasteiger partial charge in [-0.15, -0.1) is 5.10 Å². The van der Waals surface area contributed by atoms with Crippen LogP contribution in [0.15, 0.2) is 24.4 Å². The number of halogens is 2. The van der Waals surface area contributed by atoms with Crippen LogP contribution >= 0.6 is 23.2 Å². The van der Waals surface area contributed by atoms with E-state index >= 15 is 0 Å². The number of nitrogens with one attached hydrogen (secondary N) is 2. The Morgan fingerprint density at radius 1 is 1.21 bits per heavy atom. The maximum absolute atomic E-state index is 6.10. The number of hydrogen-bond acceptors (Lipinski definition) is 5. The van der Waals surface area contributed by atoms with Crippen LogP contribution in [-0.2, 0) is 0 Å². The van der Waals surface area contributed by atoms with Gasteiger partial charge in [-0.25, -0.2) is 0 Å². The van der Waals surface area contributed by atoms with Gasteiger partial charge in [-0.3, -0.25) is 0 Å². The molecule has 0 aliphatic heterocycles. The quantitative estimate of drug-likeness (QED) is 0.904. The van der Waals surface area contributed by atoms with Crippen LogP contribution in [0.4, 0.5) is 17.5 Å². The van der Waals surface area contributed by atoms with E-state index in [1.54, 1.807) is 6.07 Å². The van der Waals surface area contributed by atoms with Crippen LogP contribution in [0.2, 0.25) is 10.0 Å². The van der Waals surface area contributed by atoms with Gasteiger partial charge in [0, 0.05) is 6.04 Å². The Balaban J connectivity index is 1.80. The predicted molar refractivity (Wildman–Crippen MR) is 76.2 cm³/mol.